The van der Waals surface area contributed by atoms with Crippen LogP contribution in [0.4, 0.5) is 14.5 Å². The fourth-order valence-corrected chi connectivity index (χ4v) is 2.59. The molecule has 1 aliphatic rings. The maximum Gasteiger partial charge on any atom is 0.126 e. The molecule has 1 fully saturated rings. The molecule has 2 aromatic carbocycles. The van der Waals surface area contributed by atoms with Gasteiger partial charge in [0.2, 0.25) is 0 Å². The lowest BCUT2D eigenvalue weighted by Gasteiger charge is -2.23. The van der Waals surface area contributed by atoms with Gasteiger partial charge in [0.15, 0.2) is 0 Å². The summed E-state index contributed by atoms with van der Waals surface area (Å²) < 4.78 is 26.6. The van der Waals surface area contributed by atoms with Gasteiger partial charge in [-0.15, -0.1) is 0 Å². The molecule has 0 radical (unpaired) electrons. The average molecular weight is 288 g/mol. The summed E-state index contributed by atoms with van der Waals surface area (Å²) in [4.78, 5) is 2.24. The first kappa shape index (κ1) is 14.0. The molecule has 0 unspecified atom stereocenters. The predicted octanol–water partition coefficient (Wildman–Crippen LogP) is 3.71. The number of nitrogens with two attached hydrogens (primary N) is 1. The monoisotopic (exact) mass is 288 g/mol. The first-order valence-electron chi connectivity index (χ1n) is 7.14. The van der Waals surface area contributed by atoms with Crippen LogP contribution in [-0.4, -0.2) is 10.9 Å². The van der Waals surface area contributed by atoms with Crippen LogP contribution in [0.1, 0.15) is 24.0 Å². The number of rotatable bonds is 5. The molecule has 0 aromatic heterocycles. The van der Waals surface area contributed by atoms with Crippen molar-refractivity contribution >= 4 is 5.69 Å². The molecule has 0 amide bonds. The molecule has 3 rings (SSSR count). The second-order valence-electron chi connectivity index (χ2n) is 5.61. The molecule has 110 valence electrons. The normalized spacial score (nSPS) is 14.6. The summed E-state index contributed by atoms with van der Waals surface area (Å²) in [5.74, 6) is -1.06. The average Bonchev–Trinajstić information content (AvgIpc) is 3.23. The third kappa shape index (κ3) is 3.58. The number of benzene rings is 2. The molecule has 21 heavy (non-hydrogen) atoms. The summed E-state index contributed by atoms with van der Waals surface area (Å²) in [6.45, 7) is 1.24. The van der Waals surface area contributed by atoms with Crippen molar-refractivity contribution in [2.24, 2.45) is 0 Å². The zero-order valence-electron chi connectivity index (χ0n) is 11.7. The quantitative estimate of drug-likeness (QED) is 0.850. The first-order valence-corrected chi connectivity index (χ1v) is 7.14. The highest BCUT2D eigenvalue weighted by atomic mass is 19.1. The lowest BCUT2D eigenvalue weighted by molar-refractivity contribution is 0.245. The number of halogens is 2. The Balaban J connectivity index is 1.77. The van der Waals surface area contributed by atoms with Crippen molar-refractivity contribution in [1.29, 1.82) is 0 Å². The van der Waals surface area contributed by atoms with Gasteiger partial charge in [-0.1, -0.05) is 18.2 Å². The van der Waals surface area contributed by atoms with E-state index in [0.717, 1.165) is 30.2 Å². The molecule has 4 heteroatoms. The van der Waals surface area contributed by atoms with Gasteiger partial charge in [-0.05, 0) is 42.2 Å². The molecule has 1 saturated carbocycles. The van der Waals surface area contributed by atoms with Crippen LogP contribution in [0, 0.1) is 11.6 Å². The Labute approximate surface area is 123 Å². The Kier molecular flexibility index (Phi) is 3.88. The van der Waals surface area contributed by atoms with Crippen LogP contribution in [0.15, 0.2) is 42.5 Å². The van der Waals surface area contributed by atoms with Gasteiger partial charge in [-0.2, -0.15) is 0 Å². The molecule has 2 N–H and O–H groups in total. The summed E-state index contributed by atoms with van der Waals surface area (Å²) in [6, 6.07) is 11.9. The van der Waals surface area contributed by atoms with E-state index in [1.807, 2.05) is 24.3 Å². The number of nitrogen functional groups attached to an aromatic ring is 1. The third-order valence-electron chi connectivity index (χ3n) is 3.80. The van der Waals surface area contributed by atoms with E-state index < -0.39 is 11.6 Å². The van der Waals surface area contributed by atoms with Crippen molar-refractivity contribution < 1.29 is 8.78 Å². The Morgan fingerprint density at radius 1 is 1.00 bits per heavy atom. The lowest BCUT2D eigenvalue weighted by Crippen LogP contribution is -2.25. The van der Waals surface area contributed by atoms with Crippen molar-refractivity contribution in [3.05, 3.63) is 65.2 Å². The van der Waals surface area contributed by atoms with Gasteiger partial charge in [0.1, 0.15) is 11.6 Å². The first-order chi connectivity index (χ1) is 10.1. The molecule has 0 heterocycles. The van der Waals surface area contributed by atoms with Gasteiger partial charge in [0.05, 0.1) is 0 Å². The van der Waals surface area contributed by atoms with E-state index in [1.165, 1.54) is 12.1 Å². The molecule has 0 aliphatic heterocycles. The standard InChI is InChI=1S/C17H18F2N2/c18-14-7-12(8-15(19)9-14)10-21(16-5-6-16)11-13-3-1-2-4-17(13)20/h1-4,7-9,16H,5-6,10-11,20H2. The second kappa shape index (κ2) is 5.82. The SMILES string of the molecule is Nc1ccccc1CN(Cc1cc(F)cc(F)c1)C1CC1. The van der Waals surface area contributed by atoms with Gasteiger partial charge in [-0.25, -0.2) is 8.78 Å². The molecule has 1 aliphatic carbocycles. The van der Waals surface area contributed by atoms with Crippen LogP contribution in [0.5, 0.6) is 0 Å². The molecule has 2 nitrogen and oxygen atoms in total. The minimum Gasteiger partial charge on any atom is -0.398 e. The second-order valence-corrected chi connectivity index (χ2v) is 5.61. The van der Waals surface area contributed by atoms with Crippen LogP contribution in [0.2, 0.25) is 0 Å². The largest absolute Gasteiger partial charge is 0.398 e. The highest BCUT2D eigenvalue weighted by Gasteiger charge is 2.29. The van der Waals surface area contributed by atoms with E-state index in [1.54, 1.807) is 0 Å². The van der Waals surface area contributed by atoms with Crippen molar-refractivity contribution in [3.63, 3.8) is 0 Å². The summed E-state index contributed by atoms with van der Waals surface area (Å²) in [6.07, 6.45) is 2.26. The maximum atomic E-state index is 13.3. The van der Waals surface area contributed by atoms with Crippen LogP contribution < -0.4 is 5.73 Å². The number of anilines is 1. The smallest absolute Gasteiger partial charge is 0.126 e. The number of nitrogens with zero attached hydrogens (tertiary/aromatic N) is 1. The van der Waals surface area contributed by atoms with Crippen LogP contribution in [-0.2, 0) is 13.1 Å². The van der Waals surface area contributed by atoms with E-state index in [9.17, 15) is 8.78 Å². The minimum absolute atomic E-state index is 0.482. The fraction of sp³-hybridized carbons (Fsp3) is 0.294. The van der Waals surface area contributed by atoms with Crippen molar-refractivity contribution in [2.75, 3.05) is 5.73 Å². The highest BCUT2D eigenvalue weighted by molar-refractivity contribution is 5.46. The summed E-state index contributed by atoms with van der Waals surface area (Å²) >= 11 is 0. The molecule has 0 bridgehead atoms. The summed E-state index contributed by atoms with van der Waals surface area (Å²) in [5.41, 5.74) is 8.46. The van der Waals surface area contributed by atoms with Gasteiger partial charge in [0.25, 0.3) is 0 Å². The maximum absolute atomic E-state index is 13.3. The molecule has 0 spiro atoms. The lowest BCUT2D eigenvalue weighted by atomic mass is 10.1. The summed E-state index contributed by atoms with van der Waals surface area (Å²) in [5, 5.41) is 0. The van der Waals surface area contributed by atoms with Gasteiger partial charge in [-0.3, -0.25) is 4.90 Å². The van der Waals surface area contributed by atoms with E-state index in [-0.39, 0.29) is 0 Å². The molecule has 2 aromatic rings. The van der Waals surface area contributed by atoms with Crippen LogP contribution >= 0.6 is 0 Å². The van der Waals surface area contributed by atoms with Crippen molar-refractivity contribution in [1.82, 2.24) is 4.90 Å². The third-order valence-corrected chi connectivity index (χ3v) is 3.80. The van der Waals surface area contributed by atoms with E-state index in [4.69, 9.17) is 5.73 Å². The van der Waals surface area contributed by atoms with E-state index in [2.05, 4.69) is 4.90 Å². The van der Waals surface area contributed by atoms with Crippen molar-refractivity contribution in [3.8, 4) is 0 Å². The topological polar surface area (TPSA) is 29.3 Å². The van der Waals surface area contributed by atoms with Gasteiger partial charge < -0.3 is 5.73 Å². The van der Waals surface area contributed by atoms with E-state index >= 15 is 0 Å². The van der Waals surface area contributed by atoms with Crippen molar-refractivity contribution in [2.45, 2.75) is 32.0 Å². The predicted molar refractivity (Wildman–Crippen MR) is 79.5 cm³/mol. The van der Waals surface area contributed by atoms with Crippen LogP contribution in [0.3, 0.4) is 0 Å². The Hall–Kier alpha value is -1.94. The minimum atomic E-state index is -0.528. The number of para-hydroxylation sites is 1. The molecule has 0 atom stereocenters. The Morgan fingerprint density at radius 2 is 1.67 bits per heavy atom. The number of hydrogen-bond acceptors (Lipinski definition) is 2. The van der Waals surface area contributed by atoms with Gasteiger partial charge in [0, 0.05) is 30.9 Å². The zero-order chi connectivity index (χ0) is 14.8. The Morgan fingerprint density at radius 3 is 2.29 bits per heavy atom. The number of hydrogen-bond donors (Lipinski definition) is 1. The zero-order valence-corrected chi connectivity index (χ0v) is 11.7. The van der Waals surface area contributed by atoms with Gasteiger partial charge >= 0.3 is 0 Å². The molecular formula is C17H18F2N2. The van der Waals surface area contributed by atoms with Crippen LogP contribution in [0.25, 0.3) is 0 Å². The highest BCUT2D eigenvalue weighted by Crippen LogP contribution is 2.31. The molecule has 0 saturated heterocycles. The molecular weight excluding hydrogens is 270 g/mol. The summed E-state index contributed by atoms with van der Waals surface area (Å²) in [7, 11) is 0. The fourth-order valence-electron chi connectivity index (χ4n) is 2.59. The Bertz CT molecular complexity index is 618. The van der Waals surface area contributed by atoms with E-state index in [0.29, 0.717) is 24.7 Å².